The zero-order valence-electron chi connectivity index (χ0n) is 11.5. The summed E-state index contributed by atoms with van der Waals surface area (Å²) in [5.41, 5.74) is 0.990. The second kappa shape index (κ2) is 6.13. The summed E-state index contributed by atoms with van der Waals surface area (Å²) in [5.74, 6) is 0. The van der Waals surface area contributed by atoms with Crippen LogP contribution in [0.5, 0.6) is 0 Å². The monoisotopic (exact) mass is 312 g/mol. The van der Waals surface area contributed by atoms with Gasteiger partial charge in [0, 0.05) is 44.1 Å². The number of hydrogen-bond donors (Lipinski definition) is 1. The number of fused-ring (bicyclic) bond motifs is 1. The fraction of sp³-hybridized carbons (Fsp3) is 0.615. The number of rotatable bonds is 2. The highest BCUT2D eigenvalue weighted by atomic mass is 35.5. The molecular formula is C13H17ClN4O3. The molecule has 7 nitrogen and oxygen atoms in total. The number of nitrogens with zero attached hydrogens (tertiary/aromatic N) is 4. The van der Waals surface area contributed by atoms with Crippen molar-refractivity contribution in [3.63, 3.8) is 0 Å². The Bertz CT molecular complexity index is 513. The third-order valence-corrected chi connectivity index (χ3v) is 4.19. The van der Waals surface area contributed by atoms with Gasteiger partial charge in [0.15, 0.2) is 0 Å². The molecule has 1 aromatic rings. The van der Waals surface area contributed by atoms with Gasteiger partial charge in [0.25, 0.3) is 0 Å². The van der Waals surface area contributed by atoms with Gasteiger partial charge in [-0.1, -0.05) is 0 Å². The van der Waals surface area contributed by atoms with Crippen LogP contribution in [-0.4, -0.2) is 69.4 Å². The number of carbonyl (C=O) groups is 1. The smallest absolute Gasteiger partial charge is 0.407 e. The lowest BCUT2D eigenvalue weighted by Gasteiger charge is -2.45. The molecule has 0 radical (unpaired) electrons. The lowest BCUT2D eigenvalue weighted by atomic mass is 9.98. The third kappa shape index (κ3) is 3.25. The minimum Gasteiger partial charge on any atom is -0.465 e. The van der Waals surface area contributed by atoms with E-state index < -0.39 is 6.09 Å². The first-order chi connectivity index (χ1) is 10.1. The number of halogens is 1. The lowest BCUT2D eigenvalue weighted by molar-refractivity contribution is -0.0957. The highest BCUT2D eigenvalue weighted by Gasteiger charge is 2.39. The maximum Gasteiger partial charge on any atom is 0.407 e. The molecule has 0 aliphatic carbocycles. The molecule has 2 unspecified atom stereocenters. The number of amides is 1. The van der Waals surface area contributed by atoms with E-state index in [-0.39, 0.29) is 17.4 Å². The van der Waals surface area contributed by atoms with Gasteiger partial charge >= 0.3 is 6.09 Å². The van der Waals surface area contributed by atoms with E-state index >= 15 is 0 Å². The van der Waals surface area contributed by atoms with Crippen molar-refractivity contribution in [2.45, 2.75) is 25.1 Å². The Kier molecular flexibility index (Phi) is 4.23. The van der Waals surface area contributed by atoms with E-state index in [2.05, 4.69) is 14.9 Å². The first-order valence-electron chi connectivity index (χ1n) is 6.93. The summed E-state index contributed by atoms with van der Waals surface area (Å²) in [6.45, 7) is 3.19. The zero-order chi connectivity index (χ0) is 14.8. The standard InChI is InChI=1S/C13H17ClN4O3/c14-12-15-5-9(6-16-12)7-17-2-1-10-11(8-17)21-4-3-18(10)13(19)20/h5-6,10-11H,1-4,7-8H2,(H,19,20). The van der Waals surface area contributed by atoms with Gasteiger partial charge in [-0.3, -0.25) is 4.90 Å². The summed E-state index contributed by atoms with van der Waals surface area (Å²) < 4.78 is 5.75. The second-order valence-corrected chi connectivity index (χ2v) is 5.67. The van der Waals surface area contributed by atoms with E-state index in [1.165, 1.54) is 4.90 Å². The molecule has 0 saturated carbocycles. The number of hydrogen-bond acceptors (Lipinski definition) is 5. The molecule has 21 heavy (non-hydrogen) atoms. The summed E-state index contributed by atoms with van der Waals surface area (Å²) in [6.07, 6.45) is 3.30. The number of piperidine rings is 1. The Morgan fingerprint density at radius 2 is 2.19 bits per heavy atom. The van der Waals surface area contributed by atoms with Crippen LogP contribution in [0.25, 0.3) is 0 Å². The van der Waals surface area contributed by atoms with Gasteiger partial charge in [-0.15, -0.1) is 0 Å². The summed E-state index contributed by atoms with van der Waals surface area (Å²) in [6, 6.07) is -0.0334. The largest absolute Gasteiger partial charge is 0.465 e. The molecule has 2 atom stereocenters. The van der Waals surface area contributed by atoms with Gasteiger partial charge in [0.2, 0.25) is 5.28 Å². The molecule has 1 N–H and O–H groups in total. The van der Waals surface area contributed by atoms with Crippen LogP contribution in [0.1, 0.15) is 12.0 Å². The molecule has 1 aromatic heterocycles. The molecular weight excluding hydrogens is 296 g/mol. The van der Waals surface area contributed by atoms with Gasteiger partial charge in [-0.2, -0.15) is 0 Å². The number of aromatic nitrogens is 2. The molecule has 2 fully saturated rings. The van der Waals surface area contributed by atoms with Crippen molar-refractivity contribution in [1.29, 1.82) is 0 Å². The summed E-state index contributed by atoms with van der Waals surface area (Å²) >= 11 is 5.67. The van der Waals surface area contributed by atoms with Crippen LogP contribution >= 0.6 is 11.6 Å². The molecule has 0 bridgehead atoms. The van der Waals surface area contributed by atoms with Gasteiger partial charge < -0.3 is 14.7 Å². The van der Waals surface area contributed by atoms with Gasteiger partial charge in [0.05, 0.1) is 18.8 Å². The van der Waals surface area contributed by atoms with E-state index in [0.29, 0.717) is 13.2 Å². The fourth-order valence-electron chi connectivity index (χ4n) is 3.02. The van der Waals surface area contributed by atoms with Crippen molar-refractivity contribution in [2.75, 3.05) is 26.2 Å². The Morgan fingerprint density at radius 3 is 2.90 bits per heavy atom. The molecule has 2 aliphatic rings. The van der Waals surface area contributed by atoms with Crippen LogP contribution < -0.4 is 0 Å². The number of morpholine rings is 1. The van der Waals surface area contributed by atoms with Crippen molar-refractivity contribution < 1.29 is 14.6 Å². The third-order valence-electron chi connectivity index (χ3n) is 4.00. The van der Waals surface area contributed by atoms with Gasteiger partial charge in [0.1, 0.15) is 0 Å². The van der Waals surface area contributed by atoms with E-state index in [9.17, 15) is 9.90 Å². The SMILES string of the molecule is O=C(O)N1CCOC2CN(Cc3cnc(Cl)nc3)CCC21. The van der Waals surface area contributed by atoms with Crippen LogP contribution in [-0.2, 0) is 11.3 Å². The zero-order valence-corrected chi connectivity index (χ0v) is 12.2. The highest BCUT2D eigenvalue weighted by Crippen LogP contribution is 2.24. The molecule has 114 valence electrons. The summed E-state index contributed by atoms with van der Waals surface area (Å²) in [4.78, 5) is 22.9. The van der Waals surface area contributed by atoms with Crippen LogP contribution in [0.15, 0.2) is 12.4 Å². The predicted molar refractivity (Wildman–Crippen MR) is 75.2 cm³/mol. The average molecular weight is 313 g/mol. The number of likely N-dealkylation sites (tertiary alicyclic amines) is 1. The van der Waals surface area contributed by atoms with Gasteiger partial charge in [-0.25, -0.2) is 14.8 Å². The number of ether oxygens (including phenoxy) is 1. The van der Waals surface area contributed by atoms with E-state index in [4.69, 9.17) is 16.3 Å². The summed E-state index contributed by atoms with van der Waals surface area (Å²) in [5, 5.41) is 9.47. The number of carboxylic acid groups (broad SMARTS) is 1. The quantitative estimate of drug-likeness (QED) is 0.823. The molecule has 2 aliphatic heterocycles. The minimum absolute atomic E-state index is 0.0334. The Morgan fingerprint density at radius 1 is 1.43 bits per heavy atom. The first-order valence-corrected chi connectivity index (χ1v) is 7.31. The van der Waals surface area contributed by atoms with Crippen molar-refractivity contribution in [1.82, 2.24) is 19.8 Å². The fourth-order valence-corrected chi connectivity index (χ4v) is 3.11. The molecule has 0 aromatic carbocycles. The summed E-state index contributed by atoms with van der Waals surface area (Å²) in [7, 11) is 0. The maximum atomic E-state index is 11.2. The minimum atomic E-state index is -0.854. The molecule has 3 rings (SSSR count). The first kappa shape index (κ1) is 14.5. The topological polar surface area (TPSA) is 78.8 Å². The van der Waals surface area contributed by atoms with E-state index in [0.717, 1.165) is 31.6 Å². The van der Waals surface area contributed by atoms with Crippen molar-refractivity contribution in [2.24, 2.45) is 0 Å². The van der Waals surface area contributed by atoms with Crippen molar-refractivity contribution in [3.05, 3.63) is 23.2 Å². The molecule has 0 spiro atoms. The Hall–Kier alpha value is -1.44. The average Bonchev–Trinajstić information content (AvgIpc) is 2.48. The molecule has 1 amide bonds. The van der Waals surface area contributed by atoms with E-state index in [1.807, 2.05) is 0 Å². The second-order valence-electron chi connectivity index (χ2n) is 5.34. The van der Waals surface area contributed by atoms with Crippen molar-refractivity contribution in [3.8, 4) is 0 Å². The van der Waals surface area contributed by atoms with Crippen LogP contribution in [0.3, 0.4) is 0 Å². The maximum absolute atomic E-state index is 11.2. The highest BCUT2D eigenvalue weighted by molar-refractivity contribution is 6.28. The Balaban J connectivity index is 1.62. The lowest BCUT2D eigenvalue weighted by Crippen LogP contribution is -2.60. The van der Waals surface area contributed by atoms with Gasteiger partial charge in [-0.05, 0) is 18.0 Å². The normalized spacial score (nSPS) is 26.4. The van der Waals surface area contributed by atoms with E-state index in [1.54, 1.807) is 12.4 Å². The van der Waals surface area contributed by atoms with Crippen LogP contribution in [0.2, 0.25) is 5.28 Å². The van der Waals surface area contributed by atoms with Crippen LogP contribution in [0.4, 0.5) is 4.79 Å². The van der Waals surface area contributed by atoms with Crippen molar-refractivity contribution >= 4 is 17.7 Å². The predicted octanol–water partition coefficient (Wildman–Crippen LogP) is 1.08. The Labute approximate surface area is 127 Å². The molecule has 8 heteroatoms. The molecule has 2 saturated heterocycles. The van der Waals surface area contributed by atoms with Crippen LogP contribution in [0, 0.1) is 0 Å². The molecule has 3 heterocycles.